The number of carbonyl (C=O) groups excluding carboxylic acids is 1. The van der Waals surface area contributed by atoms with Crippen molar-refractivity contribution in [2.45, 2.75) is 57.5 Å². The molecule has 0 fully saturated rings. The first-order valence-electron chi connectivity index (χ1n) is 9.07. The SMILES string of the molecule is COCCCCCC(=O)N[C@@H](C)C(/C=C\O)NCCCCOP(C)(=O)O. The van der Waals surface area contributed by atoms with Gasteiger partial charge in [0.05, 0.1) is 12.9 Å². The predicted octanol–water partition coefficient (Wildman–Crippen LogP) is 2.34. The van der Waals surface area contributed by atoms with E-state index >= 15 is 0 Å². The molecule has 0 aliphatic heterocycles. The molecule has 0 heterocycles. The van der Waals surface area contributed by atoms with Crippen LogP contribution in [0.3, 0.4) is 0 Å². The van der Waals surface area contributed by atoms with Crippen molar-refractivity contribution in [1.82, 2.24) is 10.6 Å². The van der Waals surface area contributed by atoms with E-state index in [1.807, 2.05) is 6.92 Å². The molecule has 0 saturated carbocycles. The smallest absolute Gasteiger partial charge is 0.325 e. The molecule has 0 saturated heterocycles. The van der Waals surface area contributed by atoms with Crippen molar-refractivity contribution in [2.24, 2.45) is 0 Å². The second-order valence-electron chi connectivity index (χ2n) is 6.32. The molecule has 0 aliphatic carbocycles. The first kappa shape index (κ1) is 25.1. The van der Waals surface area contributed by atoms with Crippen LogP contribution in [0.15, 0.2) is 12.3 Å². The molecular weight excluding hydrogens is 359 g/mol. The van der Waals surface area contributed by atoms with E-state index in [4.69, 9.17) is 19.3 Å². The number of methoxy groups -OCH3 is 1. The Morgan fingerprint density at radius 2 is 1.88 bits per heavy atom. The van der Waals surface area contributed by atoms with Crippen molar-refractivity contribution in [3.63, 3.8) is 0 Å². The van der Waals surface area contributed by atoms with Crippen LogP contribution in [0.4, 0.5) is 0 Å². The zero-order chi connectivity index (χ0) is 19.8. The molecule has 26 heavy (non-hydrogen) atoms. The maximum Gasteiger partial charge on any atom is 0.325 e. The van der Waals surface area contributed by atoms with Gasteiger partial charge in [-0.1, -0.05) is 6.42 Å². The van der Waals surface area contributed by atoms with Crippen LogP contribution in [0.2, 0.25) is 0 Å². The third kappa shape index (κ3) is 15.3. The van der Waals surface area contributed by atoms with Crippen molar-refractivity contribution in [1.29, 1.82) is 0 Å². The fraction of sp³-hybridized carbons (Fsp3) is 0.824. The Hall–Kier alpha value is -0.920. The highest BCUT2D eigenvalue weighted by Gasteiger charge is 2.16. The van der Waals surface area contributed by atoms with Gasteiger partial charge in [0.15, 0.2) is 0 Å². The lowest BCUT2D eigenvalue weighted by molar-refractivity contribution is -0.121. The number of nitrogens with one attached hydrogen (secondary N) is 2. The molecule has 3 atom stereocenters. The summed E-state index contributed by atoms with van der Waals surface area (Å²) in [4.78, 5) is 21.0. The lowest BCUT2D eigenvalue weighted by atomic mass is 10.1. The first-order chi connectivity index (χ1) is 12.3. The number of carbonyl (C=O) groups is 1. The van der Waals surface area contributed by atoms with Crippen molar-refractivity contribution in [3.05, 3.63) is 12.3 Å². The van der Waals surface area contributed by atoms with E-state index in [1.54, 1.807) is 13.2 Å². The Morgan fingerprint density at radius 3 is 2.50 bits per heavy atom. The molecule has 0 rings (SSSR count). The standard InChI is InChI=1S/C17H35N2O6P/c1-15(19-17(21)9-5-4-7-13-24-2)16(10-12-20)18-11-6-8-14-25-26(3,22)23/h10,12,15-16,18,20H,4-9,11,13-14H2,1-3H3,(H,19,21)(H,22,23)/b12-10-/t15-,16?/m0/s1. The summed E-state index contributed by atoms with van der Waals surface area (Å²) in [5, 5.41) is 15.2. The monoisotopic (exact) mass is 394 g/mol. The number of ether oxygens (including phenoxy) is 1. The van der Waals surface area contributed by atoms with Gasteiger partial charge in [0.2, 0.25) is 5.91 Å². The van der Waals surface area contributed by atoms with Crippen molar-refractivity contribution >= 4 is 13.5 Å². The number of aliphatic hydroxyl groups is 1. The second-order valence-corrected chi connectivity index (χ2v) is 8.19. The van der Waals surface area contributed by atoms with Crippen LogP contribution in [-0.2, 0) is 18.6 Å². The average molecular weight is 394 g/mol. The van der Waals surface area contributed by atoms with Crippen LogP contribution in [0, 0.1) is 0 Å². The molecule has 9 heteroatoms. The van der Waals surface area contributed by atoms with E-state index in [0.717, 1.165) is 38.6 Å². The molecule has 4 N–H and O–H groups in total. The van der Waals surface area contributed by atoms with Gasteiger partial charge < -0.3 is 29.9 Å². The van der Waals surface area contributed by atoms with Crippen molar-refractivity contribution < 1.29 is 28.6 Å². The van der Waals surface area contributed by atoms with Gasteiger partial charge in [-0.05, 0) is 45.2 Å². The molecule has 0 bridgehead atoms. The number of hydrogen-bond donors (Lipinski definition) is 4. The third-order valence-corrected chi connectivity index (χ3v) is 4.42. The van der Waals surface area contributed by atoms with Gasteiger partial charge in [0.25, 0.3) is 0 Å². The van der Waals surface area contributed by atoms with Crippen LogP contribution >= 0.6 is 7.60 Å². The zero-order valence-electron chi connectivity index (χ0n) is 16.1. The summed E-state index contributed by atoms with van der Waals surface area (Å²) < 4.78 is 20.8. The van der Waals surface area contributed by atoms with E-state index < -0.39 is 7.60 Å². The van der Waals surface area contributed by atoms with E-state index in [1.165, 1.54) is 0 Å². The molecule has 0 aromatic carbocycles. The number of hydrogen-bond acceptors (Lipinski definition) is 6. The molecular formula is C17H35N2O6P. The quantitative estimate of drug-likeness (QED) is 0.180. The van der Waals surface area contributed by atoms with Crippen LogP contribution in [0.5, 0.6) is 0 Å². The normalized spacial score (nSPS) is 16.3. The Labute approximate surface area is 156 Å². The van der Waals surface area contributed by atoms with E-state index in [-0.39, 0.29) is 24.6 Å². The molecule has 2 unspecified atom stereocenters. The molecule has 0 spiro atoms. The lowest BCUT2D eigenvalue weighted by Gasteiger charge is -2.23. The van der Waals surface area contributed by atoms with E-state index in [0.29, 0.717) is 26.0 Å². The van der Waals surface area contributed by atoms with E-state index in [9.17, 15) is 9.36 Å². The van der Waals surface area contributed by atoms with Gasteiger partial charge in [0.1, 0.15) is 0 Å². The minimum Gasteiger partial charge on any atom is -0.516 e. The maximum absolute atomic E-state index is 12.0. The topological polar surface area (TPSA) is 117 Å². The fourth-order valence-corrected chi connectivity index (χ4v) is 2.83. The maximum atomic E-state index is 12.0. The summed E-state index contributed by atoms with van der Waals surface area (Å²) >= 11 is 0. The molecule has 0 aromatic heterocycles. The third-order valence-electron chi connectivity index (χ3n) is 3.76. The van der Waals surface area contributed by atoms with Crippen LogP contribution in [-0.4, -0.2) is 61.5 Å². The second kappa shape index (κ2) is 15.2. The van der Waals surface area contributed by atoms with Gasteiger partial charge in [-0.3, -0.25) is 9.36 Å². The van der Waals surface area contributed by atoms with Crippen molar-refractivity contribution in [2.75, 3.05) is 33.5 Å². The van der Waals surface area contributed by atoms with Gasteiger partial charge in [0, 0.05) is 38.9 Å². The minimum atomic E-state index is -3.41. The summed E-state index contributed by atoms with van der Waals surface area (Å²) in [6.45, 7) is 4.61. The number of unbranched alkanes of at least 4 members (excludes halogenated alkanes) is 3. The molecule has 154 valence electrons. The number of aliphatic hydroxyl groups excluding tert-OH is 1. The molecule has 8 nitrogen and oxygen atoms in total. The Morgan fingerprint density at radius 1 is 1.19 bits per heavy atom. The largest absolute Gasteiger partial charge is 0.516 e. The fourth-order valence-electron chi connectivity index (χ4n) is 2.36. The Bertz CT molecular complexity index is 441. The molecule has 0 aromatic rings. The Kier molecular flexibility index (Phi) is 14.6. The highest BCUT2D eigenvalue weighted by Crippen LogP contribution is 2.36. The summed E-state index contributed by atoms with van der Waals surface area (Å²) in [5.74, 6) is -0.0110. The minimum absolute atomic E-state index is 0.0110. The highest BCUT2D eigenvalue weighted by atomic mass is 31.2. The zero-order valence-corrected chi connectivity index (χ0v) is 17.0. The number of amides is 1. The first-order valence-corrected chi connectivity index (χ1v) is 11.1. The van der Waals surface area contributed by atoms with Gasteiger partial charge in [-0.2, -0.15) is 0 Å². The van der Waals surface area contributed by atoms with Crippen molar-refractivity contribution in [3.8, 4) is 0 Å². The molecule has 0 aliphatic rings. The summed E-state index contributed by atoms with van der Waals surface area (Å²) in [6, 6.07) is -0.372. The van der Waals surface area contributed by atoms with Crippen LogP contribution in [0.1, 0.15) is 45.4 Å². The van der Waals surface area contributed by atoms with Gasteiger partial charge in [-0.25, -0.2) is 0 Å². The van der Waals surface area contributed by atoms with Crippen LogP contribution in [0.25, 0.3) is 0 Å². The van der Waals surface area contributed by atoms with Gasteiger partial charge >= 0.3 is 7.60 Å². The Balaban J connectivity index is 4.02. The predicted molar refractivity (Wildman–Crippen MR) is 102 cm³/mol. The summed E-state index contributed by atoms with van der Waals surface area (Å²) in [7, 11) is -1.75. The summed E-state index contributed by atoms with van der Waals surface area (Å²) in [6.07, 6.45) is 7.14. The summed E-state index contributed by atoms with van der Waals surface area (Å²) in [5.41, 5.74) is 0. The lowest BCUT2D eigenvalue weighted by Crippen LogP contribution is -2.47. The highest BCUT2D eigenvalue weighted by molar-refractivity contribution is 7.51. The molecule has 0 radical (unpaired) electrons. The number of rotatable bonds is 16. The average Bonchev–Trinajstić information content (AvgIpc) is 2.55. The van der Waals surface area contributed by atoms with E-state index in [2.05, 4.69) is 10.6 Å². The molecule has 1 amide bonds. The van der Waals surface area contributed by atoms with Crippen LogP contribution < -0.4 is 10.6 Å². The van der Waals surface area contributed by atoms with Gasteiger partial charge in [-0.15, -0.1) is 0 Å².